The van der Waals surface area contributed by atoms with Crippen LogP contribution in [0.25, 0.3) is 0 Å². The standard InChI is InChI=1S/C27H20BrClN2O2/c28-21-16-14-19(15-17-21)18-31(27(33)20-8-2-1-3-9-20)25-13-7-4-10-22(25)26(32)30-24-12-6-5-11-23(24)29/h1-17H,18H2,(H,30,32). The first-order valence-electron chi connectivity index (χ1n) is 10.3. The molecule has 0 aliphatic carbocycles. The molecule has 4 aromatic rings. The Balaban J connectivity index is 1.73. The molecule has 0 saturated heterocycles. The molecule has 6 heteroatoms. The fourth-order valence-corrected chi connectivity index (χ4v) is 3.88. The molecule has 0 spiro atoms. The summed E-state index contributed by atoms with van der Waals surface area (Å²) in [5.41, 5.74) is 2.87. The Morgan fingerprint density at radius 2 is 1.42 bits per heavy atom. The number of hydrogen-bond donors (Lipinski definition) is 1. The van der Waals surface area contributed by atoms with Gasteiger partial charge < -0.3 is 10.2 Å². The highest BCUT2D eigenvalue weighted by Crippen LogP contribution is 2.28. The summed E-state index contributed by atoms with van der Waals surface area (Å²) in [7, 11) is 0. The van der Waals surface area contributed by atoms with Crippen LogP contribution in [-0.2, 0) is 6.54 Å². The predicted octanol–water partition coefficient (Wildman–Crippen LogP) is 7.20. The maximum Gasteiger partial charge on any atom is 0.258 e. The molecule has 2 amide bonds. The highest BCUT2D eigenvalue weighted by molar-refractivity contribution is 9.10. The monoisotopic (exact) mass is 518 g/mol. The van der Waals surface area contributed by atoms with E-state index in [1.54, 1.807) is 59.5 Å². The van der Waals surface area contributed by atoms with Crippen LogP contribution in [0.3, 0.4) is 0 Å². The van der Waals surface area contributed by atoms with Crippen molar-refractivity contribution in [3.8, 4) is 0 Å². The second-order valence-electron chi connectivity index (χ2n) is 7.33. The molecule has 0 aliphatic heterocycles. The lowest BCUT2D eigenvalue weighted by Crippen LogP contribution is -2.32. The molecule has 0 radical (unpaired) electrons. The molecule has 4 nitrogen and oxygen atoms in total. The summed E-state index contributed by atoms with van der Waals surface area (Å²) in [6.45, 7) is 0.303. The summed E-state index contributed by atoms with van der Waals surface area (Å²) < 4.78 is 0.951. The molecular weight excluding hydrogens is 500 g/mol. The Kier molecular flexibility index (Phi) is 7.23. The van der Waals surface area contributed by atoms with Crippen LogP contribution in [-0.4, -0.2) is 11.8 Å². The lowest BCUT2D eigenvalue weighted by Gasteiger charge is -2.25. The van der Waals surface area contributed by atoms with Gasteiger partial charge in [0, 0.05) is 10.0 Å². The van der Waals surface area contributed by atoms with Gasteiger partial charge in [-0.2, -0.15) is 0 Å². The minimum Gasteiger partial charge on any atom is -0.321 e. The number of nitrogens with zero attached hydrogens (tertiary/aromatic N) is 1. The molecule has 0 atom stereocenters. The maximum absolute atomic E-state index is 13.6. The zero-order valence-electron chi connectivity index (χ0n) is 17.5. The van der Waals surface area contributed by atoms with Crippen LogP contribution in [0.15, 0.2) is 108 Å². The molecular formula is C27H20BrClN2O2. The van der Waals surface area contributed by atoms with E-state index in [4.69, 9.17) is 11.6 Å². The molecule has 33 heavy (non-hydrogen) atoms. The number of amides is 2. The number of rotatable bonds is 6. The van der Waals surface area contributed by atoms with Crippen molar-refractivity contribution in [1.29, 1.82) is 0 Å². The van der Waals surface area contributed by atoms with Crippen molar-refractivity contribution < 1.29 is 9.59 Å². The van der Waals surface area contributed by atoms with Gasteiger partial charge in [0.25, 0.3) is 11.8 Å². The number of carbonyl (C=O) groups excluding carboxylic acids is 2. The number of hydrogen-bond acceptors (Lipinski definition) is 2. The number of anilines is 2. The zero-order chi connectivity index (χ0) is 23.2. The van der Waals surface area contributed by atoms with Gasteiger partial charge in [0.2, 0.25) is 0 Å². The van der Waals surface area contributed by atoms with E-state index in [9.17, 15) is 9.59 Å². The van der Waals surface area contributed by atoms with Gasteiger partial charge >= 0.3 is 0 Å². The van der Waals surface area contributed by atoms with E-state index in [1.807, 2.05) is 48.5 Å². The van der Waals surface area contributed by atoms with Crippen molar-refractivity contribution >= 4 is 50.7 Å². The van der Waals surface area contributed by atoms with E-state index in [-0.39, 0.29) is 11.8 Å². The molecule has 4 aromatic carbocycles. The van der Waals surface area contributed by atoms with Gasteiger partial charge in [-0.15, -0.1) is 0 Å². The number of carbonyl (C=O) groups is 2. The normalized spacial score (nSPS) is 10.5. The Labute approximate surface area is 206 Å². The molecule has 0 bridgehead atoms. The summed E-state index contributed by atoms with van der Waals surface area (Å²) in [4.78, 5) is 28.4. The summed E-state index contributed by atoms with van der Waals surface area (Å²) in [6.07, 6.45) is 0. The quantitative estimate of drug-likeness (QED) is 0.293. The van der Waals surface area contributed by atoms with E-state index in [2.05, 4.69) is 21.2 Å². The van der Waals surface area contributed by atoms with Crippen molar-refractivity contribution in [2.75, 3.05) is 10.2 Å². The first-order chi connectivity index (χ1) is 16.0. The lowest BCUT2D eigenvalue weighted by molar-refractivity contribution is 0.0985. The number of benzene rings is 4. The Hall–Kier alpha value is -3.41. The average Bonchev–Trinajstić information content (AvgIpc) is 2.85. The largest absolute Gasteiger partial charge is 0.321 e. The third kappa shape index (κ3) is 5.51. The molecule has 0 aromatic heterocycles. The smallest absolute Gasteiger partial charge is 0.258 e. The second kappa shape index (κ2) is 10.5. The molecule has 0 heterocycles. The summed E-state index contributed by atoms with van der Waals surface area (Å²) in [5, 5.41) is 3.30. The summed E-state index contributed by atoms with van der Waals surface area (Å²) in [5.74, 6) is -0.545. The lowest BCUT2D eigenvalue weighted by atomic mass is 10.1. The Morgan fingerprint density at radius 1 is 0.788 bits per heavy atom. The highest BCUT2D eigenvalue weighted by Gasteiger charge is 2.23. The minimum atomic E-state index is -0.347. The van der Waals surface area contributed by atoms with Crippen LogP contribution in [0.2, 0.25) is 5.02 Å². The van der Waals surface area contributed by atoms with Gasteiger partial charge in [-0.25, -0.2) is 0 Å². The van der Waals surface area contributed by atoms with Gasteiger partial charge in [-0.1, -0.05) is 82.1 Å². The highest BCUT2D eigenvalue weighted by atomic mass is 79.9. The van der Waals surface area contributed by atoms with Gasteiger partial charge in [0.1, 0.15) is 0 Å². The van der Waals surface area contributed by atoms with E-state index >= 15 is 0 Å². The number of halogens is 2. The van der Waals surface area contributed by atoms with Crippen LogP contribution in [0.1, 0.15) is 26.3 Å². The van der Waals surface area contributed by atoms with Crippen LogP contribution in [0.4, 0.5) is 11.4 Å². The van der Waals surface area contributed by atoms with Gasteiger partial charge in [-0.3, -0.25) is 9.59 Å². The van der Waals surface area contributed by atoms with Crippen molar-refractivity contribution in [3.05, 3.63) is 129 Å². The molecule has 4 rings (SSSR count). The third-order valence-corrected chi connectivity index (χ3v) is 5.94. The average molecular weight is 520 g/mol. The van der Waals surface area contributed by atoms with Crippen LogP contribution in [0, 0.1) is 0 Å². The Bertz CT molecular complexity index is 1280. The first kappa shape index (κ1) is 22.8. The predicted molar refractivity (Wildman–Crippen MR) is 137 cm³/mol. The van der Waals surface area contributed by atoms with Gasteiger partial charge in [0.05, 0.1) is 28.5 Å². The number of nitrogens with one attached hydrogen (secondary N) is 1. The van der Waals surface area contributed by atoms with E-state index < -0.39 is 0 Å². The van der Waals surface area contributed by atoms with E-state index in [1.165, 1.54) is 0 Å². The van der Waals surface area contributed by atoms with Gasteiger partial charge in [-0.05, 0) is 54.1 Å². The fraction of sp³-hybridized carbons (Fsp3) is 0.0370. The Morgan fingerprint density at radius 3 is 2.15 bits per heavy atom. The van der Waals surface area contributed by atoms with Crippen molar-refractivity contribution in [1.82, 2.24) is 0 Å². The molecule has 1 N–H and O–H groups in total. The molecule has 0 aliphatic rings. The van der Waals surface area contributed by atoms with Gasteiger partial charge in [0.15, 0.2) is 0 Å². The zero-order valence-corrected chi connectivity index (χ0v) is 19.9. The summed E-state index contributed by atoms with van der Waals surface area (Å²) in [6, 6.07) is 30.9. The second-order valence-corrected chi connectivity index (χ2v) is 8.66. The number of para-hydroxylation sites is 2. The van der Waals surface area contributed by atoms with Crippen LogP contribution in [0.5, 0.6) is 0 Å². The third-order valence-electron chi connectivity index (χ3n) is 5.08. The van der Waals surface area contributed by atoms with Crippen molar-refractivity contribution in [3.63, 3.8) is 0 Å². The van der Waals surface area contributed by atoms with E-state index in [0.29, 0.717) is 34.1 Å². The molecule has 0 unspecified atom stereocenters. The van der Waals surface area contributed by atoms with Crippen molar-refractivity contribution in [2.45, 2.75) is 6.54 Å². The van der Waals surface area contributed by atoms with Crippen molar-refractivity contribution in [2.24, 2.45) is 0 Å². The first-order valence-corrected chi connectivity index (χ1v) is 11.5. The van der Waals surface area contributed by atoms with Crippen LogP contribution >= 0.6 is 27.5 Å². The maximum atomic E-state index is 13.6. The van der Waals surface area contributed by atoms with E-state index in [0.717, 1.165) is 10.0 Å². The molecule has 0 saturated carbocycles. The SMILES string of the molecule is O=C(Nc1ccccc1Cl)c1ccccc1N(Cc1ccc(Br)cc1)C(=O)c1ccccc1. The fourth-order valence-electron chi connectivity index (χ4n) is 3.43. The summed E-state index contributed by atoms with van der Waals surface area (Å²) >= 11 is 9.67. The minimum absolute atomic E-state index is 0.198. The molecule has 0 fully saturated rings. The van der Waals surface area contributed by atoms with Crippen LogP contribution < -0.4 is 10.2 Å². The molecule has 164 valence electrons. The topological polar surface area (TPSA) is 49.4 Å².